The molecular formula is C12H16N4. The minimum Gasteiger partial charge on any atom is -0.282 e. The van der Waals surface area contributed by atoms with Crippen LogP contribution in [0, 0.1) is 12.8 Å². The van der Waals surface area contributed by atoms with E-state index in [1.54, 1.807) is 0 Å². The largest absolute Gasteiger partial charge is 0.282 e. The Bertz CT molecular complexity index is 456. The van der Waals surface area contributed by atoms with Gasteiger partial charge in [0.25, 0.3) is 0 Å². The van der Waals surface area contributed by atoms with Gasteiger partial charge < -0.3 is 0 Å². The lowest BCUT2D eigenvalue weighted by atomic mass is 10.1. The summed E-state index contributed by atoms with van der Waals surface area (Å²) in [5, 5.41) is 7.01. The Morgan fingerprint density at radius 1 is 1.25 bits per heavy atom. The van der Waals surface area contributed by atoms with Gasteiger partial charge in [0.05, 0.1) is 0 Å². The molecule has 0 amide bonds. The van der Waals surface area contributed by atoms with Crippen LogP contribution in [0.2, 0.25) is 0 Å². The lowest BCUT2D eigenvalue weighted by Crippen LogP contribution is -1.97. The maximum Gasteiger partial charge on any atom is 0.180 e. The zero-order valence-corrected chi connectivity index (χ0v) is 9.86. The van der Waals surface area contributed by atoms with E-state index in [9.17, 15) is 0 Å². The summed E-state index contributed by atoms with van der Waals surface area (Å²) in [6.45, 7) is 6.33. The molecule has 2 aromatic rings. The van der Waals surface area contributed by atoms with Gasteiger partial charge in [0, 0.05) is 18.1 Å². The number of aromatic nitrogens is 4. The molecule has 2 heterocycles. The number of aromatic amines is 1. The number of nitrogens with zero attached hydrogens (tertiary/aromatic N) is 3. The van der Waals surface area contributed by atoms with Crippen molar-refractivity contribution in [2.24, 2.45) is 5.92 Å². The van der Waals surface area contributed by atoms with Crippen molar-refractivity contribution in [2.75, 3.05) is 0 Å². The van der Waals surface area contributed by atoms with Crippen molar-refractivity contribution in [2.45, 2.75) is 27.2 Å². The molecule has 0 spiro atoms. The van der Waals surface area contributed by atoms with Crippen LogP contribution in [-0.4, -0.2) is 20.2 Å². The van der Waals surface area contributed by atoms with Crippen molar-refractivity contribution in [1.29, 1.82) is 0 Å². The molecule has 0 unspecified atom stereocenters. The first-order chi connectivity index (χ1) is 7.65. The topological polar surface area (TPSA) is 54.5 Å². The first kappa shape index (κ1) is 10.8. The lowest BCUT2D eigenvalue weighted by Gasteiger charge is -2.03. The average Bonchev–Trinajstić information content (AvgIpc) is 2.65. The summed E-state index contributed by atoms with van der Waals surface area (Å²) in [5.41, 5.74) is 2.99. The van der Waals surface area contributed by atoms with Crippen LogP contribution in [0.1, 0.15) is 25.1 Å². The van der Waals surface area contributed by atoms with Crippen molar-refractivity contribution in [1.82, 2.24) is 20.2 Å². The molecule has 0 aliphatic carbocycles. The molecule has 2 rings (SSSR count). The van der Waals surface area contributed by atoms with Crippen LogP contribution >= 0.6 is 0 Å². The van der Waals surface area contributed by atoms with Crippen LogP contribution in [0.25, 0.3) is 11.5 Å². The molecule has 84 valence electrons. The first-order valence-corrected chi connectivity index (χ1v) is 5.48. The van der Waals surface area contributed by atoms with Gasteiger partial charge in [-0.1, -0.05) is 13.8 Å². The maximum absolute atomic E-state index is 4.32. The predicted molar refractivity (Wildman–Crippen MR) is 62.9 cm³/mol. The Labute approximate surface area is 95.1 Å². The van der Waals surface area contributed by atoms with Crippen LogP contribution in [-0.2, 0) is 6.42 Å². The summed E-state index contributed by atoms with van der Waals surface area (Å²) in [6, 6.07) is 1.94. The molecule has 4 nitrogen and oxygen atoms in total. The number of aryl methyl sites for hydroxylation is 1. The zero-order valence-electron chi connectivity index (χ0n) is 9.86. The van der Waals surface area contributed by atoms with Gasteiger partial charge in [-0.2, -0.15) is 5.10 Å². The molecule has 0 fully saturated rings. The van der Waals surface area contributed by atoms with E-state index in [1.165, 1.54) is 5.56 Å². The summed E-state index contributed by atoms with van der Waals surface area (Å²) in [7, 11) is 0. The third-order valence-electron chi connectivity index (χ3n) is 2.28. The molecular weight excluding hydrogens is 200 g/mol. The van der Waals surface area contributed by atoms with E-state index in [1.807, 2.05) is 25.4 Å². The van der Waals surface area contributed by atoms with E-state index in [0.717, 1.165) is 17.8 Å². The zero-order chi connectivity index (χ0) is 11.5. The van der Waals surface area contributed by atoms with Crippen LogP contribution in [0.3, 0.4) is 0 Å². The van der Waals surface area contributed by atoms with Gasteiger partial charge in [0.2, 0.25) is 0 Å². The van der Waals surface area contributed by atoms with Gasteiger partial charge in [0.15, 0.2) is 5.82 Å². The Morgan fingerprint density at radius 3 is 2.44 bits per heavy atom. The highest BCUT2D eigenvalue weighted by Crippen LogP contribution is 2.13. The van der Waals surface area contributed by atoms with Crippen LogP contribution in [0.15, 0.2) is 18.5 Å². The Morgan fingerprint density at radius 2 is 1.94 bits per heavy atom. The van der Waals surface area contributed by atoms with E-state index in [4.69, 9.17) is 0 Å². The summed E-state index contributed by atoms with van der Waals surface area (Å²) in [6.07, 6.45) is 4.78. The van der Waals surface area contributed by atoms with Gasteiger partial charge >= 0.3 is 0 Å². The fraction of sp³-hybridized carbons (Fsp3) is 0.417. The number of hydrogen-bond donors (Lipinski definition) is 1. The molecule has 1 N–H and O–H groups in total. The molecule has 0 saturated heterocycles. The highest BCUT2D eigenvalue weighted by molar-refractivity contribution is 5.48. The predicted octanol–water partition coefficient (Wildman–Crippen LogP) is 2.37. The molecule has 0 aromatic carbocycles. The summed E-state index contributed by atoms with van der Waals surface area (Å²) in [4.78, 5) is 8.64. The van der Waals surface area contributed by atoms with Gasteiger partial charge in [-0.25, -0.2) is 9.97 Å². The molecule has 0 atom stereocenters. The molecule has 0 bridgehead atoms. The molecule has 0 aliphatic rings. The monoisotopic (exact) mass is 216 g/mol. The molecule has 0 aliphatic heterocycles. The highest BCUT2D eigenvalue weighted by Gasteiger charge is 2.05. The normalized spacial score (nSPS) is 11.0. The Balaban J connectivity index is 2.19. The molecule has 0 saturated carbocycles. The van der Waals surface area contributed by atoms with E-state index < -0.39 is 0 Å². The van der Waals surface area contributed by atoms with Crippen molar-refractivity contribution >= 4 is 0 Å². The Kier molecular flexibility index (Phi) is 2.99. The number of nitrogens with one attached hydrogen (secondary N) is 1. The molecule has 0 radical (unpaired) electrons. The summed E-state index contributed by atoms with van der Waals surface area (Å²) >= 11 is 0. The smallest absolute Gasteiger partial charge is 0.180 e. The summed E-state index contributed by atoms with van der Waals surface area (Å²) < 4.78 is 0. The summed E-state index contributed by atoms with van der Waals surface area (Å²) in [5.74, 6) is 1.30. The van der Waals surface area contributed by atoms with Gasteiger partial charge in [0.1, 0.15) is 5.69 Å². The molecule has 4 heteroatoms. The molecule has 16 heavy (non-hydrogen) atoms. The van der Waals surface area contributed by atoms with Crippen molar-refractivity contribution < 1.29 is 0 Å². The minimum atomic E-state index is 0.627. The molecule has 2 aromatic heterocycles. The number of hydrogen-bond acceptors (Lipinski definition) is 3. The Hall–Kier alpha value is -1.71. The number of rotatable bonds is 3. The maximum atomic E-state index is 4.32. The van der Waals surface area contributed by atoms with E-state index in [-0.39, 0.29) is 0 Å². The van der Waals surface area contributed by atoms with Crippen LogP contribution in [0.4, 0.5) is 0 Å². The van der Waals surface area contributed by atoms with E-state index in [0.29, 0.717) is 11.7 Å². The SMILES string of the molecule is Cc1cc(-c2ncc(CC(C)C)cn2)n[nH]1. The van der Waals surface area contributed by atoms with Crippen LogP contribution in [0.5, 0.6) is 0 Å². The van der Waals surface area contributed by atoms with Crippen molar-refractivity contribution in [3.8, 4) is 11.5 Å². The first-order valence-electron chi connectivity index (χ1n) is 5.48. The second kappa shape index (κ2) is 4.43. The highest BCUT2D eigenvalue weighted by atomic mass is 15.1. The minimum absolute atomic E-state index is 0.627. The van der Waals surface area contributed by atoms with Crippen molar-refractivity contribution in [3.63, 3.8) is 0 Å². The second-order valence-electron chi connectivity index (χ2n) is 4.45. The van der Waals surface area contributed by atoms with Gasteiger partial charge in [-0.3, -0.25) is 5.10 Å². The third-order valence-corrected chi connectivity index (χ3v) is 2.28. The average molecular weight is 216 g/mol. The number of H-pyrrole nitrogens is 1. The van der Waals surface area contributed by atoms with Gasteiger partial charge in [-0.15, -0.1) is 0 Å². The van der Waals surface area contributed by atoms with E-state index >= 15 is 0 Å². The fourth-order valence-corrected chi connectivity index (χ4v) is 1.60. The lowest BCUT2D eigenvalue weighted by molar-refractivity contribution is 0.643. The van der Waals surface area contributed by atoms with Crippen LogP contribution < -0.4 is 0 Å². The van der Waals surface area contributed by atoms with Crippen molar-refractivity contribution in [3.05, 3.63) is 29.7 Å². The standard InChI is InChI=1S/C12H16N4/c1-8(2)4-10-6-13-12(14-7-10)11-5-9(3)15-16-11/h5-8H,4H2,1-3H3,(H,15,16). The second-order valence-corrected chi connectivity index (χ2v) is 4.45. The quantitative estimate of drug-likeness (QED) is 0.857. The third kappa shape index (κ3) is 2.45. The fourth-order valence-electron chi connectivity index (χ4n) is 1.60. The van der Waals surface area contributed by atoms with Gasteiger partial charge in [-0.05, 0) is 30.9 Å². The van der Waals surface area contributed by atoms with E-state index in [2.05, 4.69) is 34.0 Å².